The van der Waals surface area contributed by atoms with Gasteiger partial charge in [-0.15, -0.1) is 0 Å². The van der Waals surface area contributed by atoms with Crippen LogP contribution in [0.15, 0.2) is 28.4 Å². The second kappa shape index (κ2) is 5.01. The quantitative estimate of drug-likeness (QED) is 0.655. The summed E-state index contributed by atoms with van der Waals surface area (Å²) in [7, 11) is 0. The van der Waals surface area contributed by atoms with Gasteiger partial charge in [0.05, 0.1) is 11.5 Å². The number of nitro groups is 1. The molecular formula is C11H11N3O3S. The van der Waals surface area contributed by atoms with Gasteiger partial charge in [-0.3, -0.25) is 14.9 Å². The van der Waals surface area contributed by atoms with Crippen molar-refractivity contribution in [3.8, 4) is 0 Å². The minimum atomic E-state index is -0.407. The third-order valence-electron chi connectivity index (χ3n) is 2.45. The summed E-state index contributed by atoms with van der Waals surface area (Å²) in [5.74, 6) is 0. The number of thiazole rings is 1. The first-order chi connectivity index (χ1) is 8.56. The number of nitrogens with zero attached hydrogens (tertiary/aromatic N) is 1. The zero-order valence-corrected chi connectivity index (χ0v) is 10.4. The number of benzene rings is 1. The van der Waals surface area contributed by atoms with Crippen LogP contribution in [0.3, 0.4) is 0 Å². The van der Waals surface area contributed by atoms with Crippen molar-refractivity contribution in [1.82, 2.24) is 4.98 Å². The molecule has 0 radical (unpaired) electrons. The number of nitrogens with one attached hydrogen (secondary N) is 2. The maximum absolute atomic E-state index is 10.9. The van der Waals surface area contributed by atoms with Gasteiger partial charge in [0.15, 0.2) is 0 Å². The lowest BCUT2D eigenvalue weighted by atomic mass is 10.2. The smallest absolute Gasteiger partial charge is 0.304 e. The Kier molecular flexibility index (Phi) is 3.42. The standard InChI is InChI=1S/C11H11N3O3S/c1-7-4-8(2-3-10(7)14(16)17)12-5-9-6-18-11(15)13-9/h2-4,6,12H,5H2,1H3,(H,13,15). The fraction of sp³-hybridized carbons (Fsp3) is 0.182. The van der Waals surface area contributed by atoms with E-state index in [1.54, 1.807) is 24.4 Å². The maximum Gasteiger partial charge on any atom is 0.304 e. The summed E-state index contributed by atoms with van der Waals surface area (Å²) in [5.41, 5.74) is 2.28. The highest BCUT2D eigenvalue weighted by molar-refractivity contribution is 7.07. The second-order valence-electron chi connectivity index (χ2n) is 3.79. The molecule has 0 atom stereocenters. The van der Waals surface area contributed by atoms with Crippen molar-refractivity contribution in [3.05, 3.63) is 54.6 Å². The molecule has 0 spiro atoms. The lowest BCUT2D eigenvalue weighted by Gasteiger charge is -2.05. The largest absolute Gasteiger partial charge is 0.379 e. The molecule has 0 aliphatic rings. The van der Waals surface area contributed by atoms with Crippen LogP contribution in [0.2, 0.25) is 0 Å². The number of H-pyrrole nitrogens is 1. The van der Waals surface area contributed by atoms with Crippen LogP contribution in [0.5, 0.6) is 0 Å². The van der Waals surface area contributed by atoms with E-state index in [1.807, 2.05) is 0 Å². The lowest BCUT2D eigenvalue weighted by molar-refractivity contribution is -0.385. The van der Waals surface area contributed by atoms with Crippen molar-refractivity contribution in [1.29, 1.82) is 0 Å². The average molecular weight is 265 g/mol. The zero-order chi connectivity index (χ0) is 13.1. The number of nitro benzene ring substituents is 1. The van der Waals surface area contributed by atoms with Gasteiger partial charge in [-0.2, -0.15) is 0 Å². The third kappa shape index (κ3) is 2.75. The van der Waals surface area contributed by atoms with Crippen molar-refractivity contribution in [2.75, 3.05) is 5.32 Å². The SMILES string of the molecule is Cc1cc(NCc2csc(=O)[nH]2)ccc1[N+](=O)[O-]. The van der Waals surface area contributed by atoms with Crippen LogP contribution in [0.25, 0.3) is 0 Å². The fourth-order valence-corrected chi connectivity index (χ4v) is 2.15. The van der Waals surface area contributed by atoms with Gasteiger partial charge in [-0.1, -0.05) is 11.3 Å². The number of hydrogen-bond acceptors (Lipinski definition) is 5. The first kappa shape index (κ1) is 12.3. The van der Waals surface area contributed by atoms with E-state index in [4.69, 9.17) is 0 Å². The number of aromatic nitrogens is 1. The van der Waals surface area contributed by atoms with Gasteiger partial charge >= 0.3 is 4.87 Å². The molecule has 18 heavy (non-hydrogen) atoms. The van der Waals surface area contributed by atoms with Crippen molar-refractivity contribution in [2.45, 2.75) is 13.5 Å². The summed E-state index contributed by atoms with van der Waals surface area (Å²) < 4.78 is 0. The van der Waals surface area contributed by atoms with E-state index in [0.717, 1.165) is 22.7 Å². The highest BCUT2D eigenvalue weighted by Gasteiger charge is 2.09. The van der Waals surface area contributed by atoms with Crippen LogP contribution in [0.1, 0.15) is 11.3 Å². The topological polar surface area (TPSA) is 88.0 Å². The number of hydrogen-bond donors (Lipinski definition) is 2. The Morgan fingerprint density at radius 3 is 2.83 bits per heavy atom. The minimum Gasteiger partial charge on any atom is -0.379 e. The molecule has 0 saturated heterocycles. The van der Waals surface area contributed by atoms with Crippen molar-refractivity contribution in [2.24, 2.45) is 0 Å². The van der Waals surface area contributed by atoms with E-state index in [9.17, 15) is 14.9 Å². The Morgan fingerprint density at radius 2 is 2.28 bits per heavy atom. The van der Waals surface area contributed by atoms with Crippen LogP contribution in [0, 0.1) is 17.0 Å². The molecular weight excluding hydrogens is 254 g/mol. The molecule has 0 aliphatic heterocycles. The summed E-state index contributed by atoms with van der Waals surface area (Å²) in [6, 6.07) is 4.83. The molecule has 0 unspecified atom stereocenters. The Morgan fingerprint density at radius 1 is 1.50 bits per heavy atom. The van der Waals surface area contributed by atoms with Crippen LogP contribution < -0.4 is 10.2 Å². The Balaban J connectivity index is 2.08. The predicted molar refractivity (Wildman–Crippen MR) is 70.1 cm³/mol. The van der Waals surface area contributed by atoms with Crippen LogP contribution >= 0.6 is 11.3 Å². The molecule has 6 nitrogen and oxygen atoms in total. The van der Waals surface area contributed by atoms with E-state index in [-0.39, 0.29) is 10.6 Å². The minimum absolute atomic E-state index is 0.0910. The fourth-order valence-electron chi connectivity index (χ4n) is 1.57. The van der Waals surface area contributed by atoms with Crippen LogP contribution in [-0.4, -0.2) is 9.91 Å². The zero-order valence-electron chi connectivity index (χ0n) is 9.60. The summed E-state index contributed by atoms with van der Waals surface area (Å²) in [6.07, 6.45) is 0. The summed E-state index contributed by atoms with van der Waals surface area (Å²) in [4.78, 5) is 23.8. The monoisotopic (exact) mass is 265 g/mol. The number of rotatable bonds is 4. The highest BCUT2D eigenvalue weighted by Crippen LogP contribution is 2.21. The molecule has 94 valence electrons. The normalized spacial score (nSPS) is 10.3. The van der Waals surface area contributed by atoms with Crippen LogP contribution in [-0.2, 0) is 6.54 Å². The van der Waals surface area contributed by atoms with Crippen molar-refractivity contribution < 1.29 is 4.92 Å². The van der Waals surface area contributed by atoms with Gasteiger partial charge < -0.3 is 10.3 Å². The van der Waals surface area contributed by atoms with Crippen molar-refractivity contribution >= 4 is 22.7 Å². The molecule has 1 heterocycles. The van der Waals surface area contributed by atoms with Gasteiger partial charge in [0.25, 0.3) is 5.69 Å². The molecule has 2 N–H and O–H groups in total. The summed E-state index contributed by atoms with van der Waals surface area (Å²) in [5, 5.41) is 15.5. The van der Waals surface area contributed by atoms with E-state index in [0.29, 0.717) is 12.1 Å². The molecule has 1 aromatic carbocycles. The Labute approximate surface area is 106 Å². The average Bonchev–Trinajstić information content (AvgIpc) is 2.72. The van der Waals surface area contributed by atoms with Gasteiger partial charge in [0, 0.05) is 28.4 Å². The number of aromatic amines is 1. The maximum atomic E-state index is 10.9. The van der Waals surface area contributed by atoms with Crippen LogP contribution in [0.4, 0.5) is 11.4 Å². The van der Waals surface area contributed by atoms with Gasteiger partial charge in [0.1, 0.15) is 0 Å². The Hall–Kier alpha value is -2.15. The predicted octanol–water partition coefficient (Wildman–Crippen LogP) is 2.27. The molecule has 2 aromatic rings. The van der Waals surface area contributed by atoms with Gasteiger partial charge in [0.2, 0.25) is 0 Å². The first-order valence-corrected chi connectivity index (χ1v) is 6.10. The molecule has 0 saturated carbocycles. The summed E-state index contributed by atoms with van der Waals surface area (Å²) in [6.45, 7) is 2.17. The molecule has 0 bridgehead atoms. The molecule has 2 rings (SSSR count). The first-order valence-electron chi connectivity index (χ1n) is 5.22. The highest BCUT2D eigenvalue weighted by atomic mass is 32.1. The lowest BCUT2D eigenvalue weighted by Crippen LogP contribution is -2.03. The molecule has 0 fully saturated rings. The van der Waals surface area contributed by atoms with Crippen molar-refractivity contribution in [3.63, 3.8) is 0 Å². The molecule has 7 heteroatoms. The Bertz CT molecular complexity index is 632. The van der Waals surface area contributed by atoms with Gasteiger partial charge in [-0.25, -0.2) is 0 Å². The molecule has 1 aromatic heterocycles. The number of anilines is 1. The van der Waals surface area contributed by atoms with Gasteiger partial charge in [-0.05, 0) is 19.1 Å². The van der Waals surface area contributed by atoms with E-state index in [1.165, 1.54) is 6.07 Å². The second-order valence-corrected chi connectivity index (χ2v) is 4.63. The third-order valence-corrected chi connectivity index (χ3v) is 3.17. The summed E-state index contributed by atoms with van der Waals surface area (Å²) >= 11 is 1.11. The molecule has 0 amide bonds. The van der Waals surface area contributed by atoms with E-state index in [2.05, 4.69) is 10.3 Å². The molecule has 0 aliphatic carbocycles. The van der Waals surface area contributed by atoms with E-state index >= 15 is 0 Å². The van der Waals surface area contributed by atoms with E-state index < -0.39 is 4.92 Å². The number of aryl methyl sites for hydroxylation is 1.